The zero-order chi connectivity index (χ0) is 19.4. The lowest BCUT2D eigenvalue weighted by molar-refractivity contribution is -0.121. The number of methoxy groups -OCH3 is 1. The number of hydrogen-bond acceptors (Lipinski definition) is 5. The number of benzene rings is 2. The van der Waals surface area contributed by atoms with E-state index in [1.807, 2.05) is 0 Å². The molecule has 6 nitrogen and oxygen atoms in total. The number of carbonyl (C=O) groups excluding carboxylic acids is 3. The largest absolute Gasteiger partial charge is 0.497 e. The van der Waals surface area contributed by atoms with E-state index in [4.69, 9.17) is 4.74 Å². The molecule has 1 fully saturated rings. The van der Waals surface area contributed by atoms with Gasteiger partial charge in [-0.2, -0.15) is 0 Å². The Morgan fingerprint density at radius 2 is 1.85 bits per heavy atom. The number of thioether (sulfide) groups is 1. The monoisotopic (exact) mass is 388 g/mol. The molecule has 1 heterocycles. The van der Waals surface area contributed by atoms with Gasteiger partial charge in [-0.05, 0) is 48.5 Å². The summed E-state index contributed by atoms with van der Waals surface area (Å²) in [5.41, 5.74) is 0.945. The SMILES string of the molecule is COc1ccc(N2C(=O)C[C@H](SCC(=O)Nc3ccc(F)cc3)C2=O)cc1. The second-order valence-electron chi connectivity index (χ2n) is 5.82. The van der Waals surface area contributed by atoms with Crippen LogP contribution in [-0.2, 0) is 14.4 Å². The number of anilines is 2. The normalized spacial score (nSPS) is 16.5. The van der Waals surface area contributed by atoms with Crippen LogP contribution < -0.4 is 15.0 Å². The van der Waals surface area contributed by atoms with Crippen molar-refractivity contribution in [3.63, 3.8) is 0 Å². The van der Waals surface area contributed by atoms with Crippen LogP contribution in [0.3, 0.4) is 0 Å². The van der Waals surface area contributed by atoms with Crippen molar-refractivity contribution in [3.05, 3.63) is 54.3 Å². The van der Waals surface area contributed by atoms with Gasteiger partial charge in [0, 0.05) is 12.1 Å². The highest BCUT2D eigenvalue weighted by molar-refractivity contribution is 8.01. The molecule has 1 saturated heterocycles. The van der Waals surface area contributed by atoms with Crippen LogP contribution >= 0.6 is 11.8 Å². The summed E-state index contributed by atoms with van der Waals surface area (Å²) in [5.74, 6) is -0.726. The van der Waals surface area contributed by atoms with Crippen LogP contribution in [0.15, 0.2) is 48.5 Å². The third kappa shape index (κ3) is 4.46. The molecule has 3 rings (SSSR count). The van der Waals surface area contributed by atoms with Crippen molar-refractivity contribution in [1.82, 2.24) is 0 Å². The number of imide groups is 1. The summed E-state index contributed by atoms with van der Waals surface area (Å²) >= 11 is 1.11. The van der Waals surface area contributed by atoms with Crippen molar-refractivity contribution in [2.45, 2.75) is 11.7 Å². The predicted octanol–water partition coefficient (Wildman–Crippen LogP) is 2.84. The van der Waals surface area contributed by atoms with Crippen molar-refractivity contribution in [2.24, 2.45) is 0 Å². The molecule has 1 N–H and O–H groups in total. The van der Waals surface area contributed by atoms with E-state index in [1.54, 1.807) is 24.3 Å². The quantitative estimate of drug-likeness (QED) is 0.770. The summed E-state index contributed by atoms with van der Waals surface area (Å²) in [6.45, 7) is 0. The molecule has 8 heteroatoms. The van der Waals surface area contributed by atoms with Gasteiger partial charge in [-0.1, -0.05) is 0 Å². The van der Waals surface area contributed by atoms with Crippen LogP contribution in [0.4, 0.5) is 15.8 Å². The summed E-state index contributed by atoms with van der Waals surface area (Å²) in [6.07, 6.45) is 0.0410. The molecule has 0 unspecified atom stereocenters. The Bertz CT molecular complexity index is 855. The second-order valence-corrected chi connectivity index (χ2v) is 7.02. The highest BCUT2D eigenvalue weighted by Gasteiger charge is 2.40. The van der Waals surface area contributed by atoms with Gasteiger partial charge < -0.3 is 10.1 Å². The van der Waals surface area contributed by atoms with Gasteiger partial charge in [-0.3, -0.25) is 14.4 Å². The van der Waals surface area contributed by atoms with Crippen LogP contribution in [-0.4, -0.2) is 35.8 Å². The lowest BCUT2D eigenvalue weighted by Gasteiger charge is -2.15. The Balaban J connectivity index is 1.57. The molecular weight excluding hydrogens is 371 g/mol. The molecule has 2 aromatic rings. The van der Waals surface area contributed by atoms with Crippen LogP contribution in [0.1, 0.15) is 6.42 Å². The summed E-state index contributed by atoms with van der Waals surface area (Å²) in [4.78, 5) is 37.9. The van der Waals surface area contributed by atoms with E-state index in [9.17, 15) is 18.8 Å². The van der Waals surface area contributed by atoms with Crippen molar-refractivity contribution in [3.8, 4) is 5.75 Å². The lowest BCUT2D eigenvalue weighted by Crippen LogP contribution is -2.31. The van der Waals surface area contributed by atoms with E-state index in [1.165, 1.54) is 31.4 Å². The van der Waals surface area contributed by atoms with Gasteiger partial charge in [0.05, 0.1) is 23.8 Å². The molecule has 140 valence electrons. The Hall–Kier alpha value is -2.87. The molecule has 3 amide bonds. The minimum Gasteiger partial charge on any atom is -0.497 e. The van der Waals surface area contributed by atoms with Crippen LogP contribution in [0, 0.1) is 5.82 Å². The minimum absolute atomic E-state index is 0.0114. The van der Waals surface area contributed by atoms with E-state index in [-0.39, 0.29) is 29.9 Å². The van der Waals surface area contributed by atoms with Crippen molar-refractivity contribution in [2.75, 3.05) is 23.1 Å². The summed E-state index contributed by atoms with van der Waals surface area (Å²) in [6, 6.07) is 12.0. The topological polar surface area (TPSA) is 75.7 Å². The van der Waals surface area contributed by atoms with Gasteiger partial charge in [0.2, 0.25) is 17.7 Å². The molecule has 0 saturated carbocycles. The number of amides is 3. The standard InChI is InChI=1S/C19H17FN2O4S/c1-26-15-8-6-14(7-9-15)22-18(24)10-16(19(22)25)27-11-17(23)21-13-4-2-12(20)3-5-13/h2-9,16H,10-11H2,1H3,(H,21,23)/t16-/m0/s1. The van der Waals surface area contributed by atoms with E-state index in [2.05, 4.69) is 5.32 Å². The fourth-order valence-electron chi connectivity index (χ4n) is 2.64. The summed E-state index contributed by atoms with van der Waals surface area (Å²) < 4.78 is 17.9. The zero-order valence-electron chi connectivity index (χ0n) is 14.5. The molecular formula is C19H17FN2O4S. The average Bonchev–Trinajstić information content (AvgIpc) is 2.95. The maximum Gasteiger partial charge on any atom is 0.247 e. The van der Waals surface area contributed by atoms with Gasteiger partial charge in [0.1, 0.15) is 11.6 Å². The van der Waals surface area contributed by atoms with E-state index in [0.29, 0.717) is 17.1 Å². The van der Waals surface area contributed by atoms with Crippen molar-refractivity contribution >= 4 is 40.9 Å². The third-order valence-electron chi connectivity index (χ3n) is 3.98. The number of ether oxygens (including phenoxy) is 1. The zero-order valence-corrected chi connectivity index (χ0v) is 15.3. The first kappa shape index (κ1) is 18.9. The highest BCUT2D eigenvalue weighted by Crippen LogP contribution is 2.30. The molecule has 0 radical (unpaired) electrons. The molecule has 0 spiro atoms. The molecule has 0 bridgehead atoms. The first-order valence-corrected chi connectivity index (χ1v) is 9.20. The lowest BCUT2D eigenvalue weighted by atomic mass is 10.3. The fourth-order valence-corrected chi connectivity index (χ4v) is 3.58. The van der Waals surface area contributed by atoms with Gasteiger partial charge >= 0.3 is 0 Å². The van der Waals surface area contributed by atoms with Crippen LogP contribution in [0.2, 0.25) is 0 Å². The molecule has 0 aromatic heterocycles. The minimum atomic E-state index is -0.612. The molecule has 1 aliphatic heterocycles. The van der Waals surface area contributed by atoms with E-state index >= 15 is 0 Å². The summed E-state index contributed by atoms with van der Waals surface area (Å²) in [7, 11) is 1.53. The van der Waals surface area contributed by atoms with Crippen molar-refractivity contribution < 1.29 is 23.5 Å². The molecule has 1 atom stereocenters. The van der Waals surface area contributed by atoms with Gasteiger partial charge in [-0.15, -0.1) is 11.8 Å². The smallest absolute Gasteiger partial charge is 0.247 e. The number of rotatable bonds is 6. The maximum absolute atomic E-state index is 12.9. The number of halogens is 1. The van der Waals surface area contributed by atoms with Crippen LogP contribution in [0.25, 0.3) is 0 Å². The maximum atomic E-state index is 12.9. The molecule has 1 aliphatic rings. The molecule has 0 aliphatic carbocycles. The number of hydrogen-bond donors (Lipinski definition) is 1. The predicted molar refractivity (Wildman–Crippen MR) is 101 cm³/mol. The fraction of sp³-hybridized carbons (Fsp3) is 0.211. The number of nitrogens with one attached hydrogen (secondary N) is 1. The second kappa shape index (κ2) is 8.22. The number of nitrogens with zero attached hydrogens (tertiary/aromatic N) is 1. The van der Waals surface area contributed by atoms with Gasteiger partial charge in [0.25, 0.3) is 0 Å². The van der Waals surface area contributed by atoms with Crippen LogP contribution in [0.5, 0.6) is 5.75 Å². The first-order valence-electron chi connectivity index (χ1n) is 8.16. The van der Waals surface area contributed by atoms with E-state index in [0.717, 1.165) is 16.7 Å². The Morgan fingerprint density at radius 3 is 2.48 bits per heavy atom. The Morgan fingerprint density at radius 1 is 1.19 bits per heavy atom. The molecule has 27 heavy (non-hydrogen) atoms. The third-order valence-corrected chi connectivity index (χ3v) is 5.18. The first-order chi connectivity index (χ1) is 13.0. The average molecular weight is 388 g/mol. The number of carbonyl (C=O) groups is 3. The van der Waals surface area contributed by atoms with Crippen molar-refractivity contribution in [1.29, 1.82) is 0 Å². The highest BCUT2D eigenvalue weighted by atomic mass is 32.2. The molecule has 2 aromatic carbocycles. The Labute approximate surface area is 159 Å². The Kier molecular flexibility index (Phi) is 5.75. The van der Waals surface area contributed by atoms with Gasteiger partial charge in [0.15, 0.2) is 0 Å². The van der Waals surface area contributed by atoms with E-state index < -0.39 is 11.1 Å². The van der Waals surface area contributed by atoms with Gasteiger partial charge in [-0.25, -0.2) is 9.29 Å². The summed E-state index contributed by atoms with van der Waals surface area (Å²) in [5, 5.41) is 2.01.